The van der Waals surface area contributed by atoms with Crippen LogP contribution in [0.25, 0.3) is 0 Å². The van der Waals surface area contributed by atoms with Crippen molar-refractivity contribution in [1.82, 2.24) is 0 Å². The van der Waals surface area contributed by atoms with Gasteiger partial charge in [-0.2, -0.15) is 0 Å². The van der Waals surface area contributed by atoms with E-state index in [0.717, 1.165) is 0 Å². The van der Waals surface area contributed by atoms with Crippen LogP contribution in [0.5, 0.6) is 5.75 Å². The van der Waals surface area contributed by atoms with Crippen LogP contribution < -0.4 is 5.73 Å². The number of hydrogen-bond donors (Lipinski definition) is 4. The molecule has 17 heavy (non-hydrogen) atoms. The van der Waals surface area contributed by atoms with E-state index in [1.54, 1.807) is 12.1 Å². The molecule has 0 aromatic heterocycles. The van der Waals surface area contributed by atoms with Crippen molar-refractivity contribution in [3.8, 4) is 5.75 Å². The van der Waals surface area contributed by atoms with Crippen molar-refractivity contribution in [3.05, 3.63) is 23.8 Å². The fourth-order valence-electron chi connectivity index (χ4n) is 1.90. The summed E-state index contributed by atoms with van der Waals surface area (Å²) in [6.45, 7) is 0. The molecule has 1 aliphatic rings. The molecule has 1 aliphatic heterocycles. The number of aliphatic hydroxyl groups is 1. The Morgan fingerprint density at radius 1 is 1.53 bits per heavy atom. The van der Waals surface area contributed by atoms with Crippen molar-refractivity contribution < 1.29 is 20.1 Å². The van der Waals surface area contributed by atoms with Crippen molar-refractivity contribution in [1.29, 1.82) is 0 Å². The number of rotatable bonds is 3. The SMILES string of the molecule is N[C@@H](CC1(O)C=Nc2cccc(O)c21)C(=O)O. The van der Waals surface area contributed by atoms with Crippen LogP contribution in [0.2, 0.25) is 0 Å². The first-order valence-electron chi connectivity index (χ1n) is 5.02. The standard InChI is InChI=1S/C11H12N2O4/c12-6(10(15)16)4-11(17)5-13-7-2-1-3-8(14)9(7)11/h1-3,5-6,14,17H,4,12H2,(H,15,16)/t6-,11?/m0/s1. The Kier molecular flexibility index (Phi) is 2.60. The van der Waals surface area contributed by atoms with E-state index >= 15 is 0 Å². The quantitative estimate of drug-likeness (QED) is 0.593. The molecule has 6 heteroatoms. The maximum Gasteiger partial charge on any atom is 0.320 e. The van der Waals surface area contributed by atoms with E-state index < -0.39 is 17.6 Å². The molecular formula is C11H12N2O4. The number of aliphatic imine (C=N–C) groups is 1. The van der Waals surface area contributed by atoms with E-state index in [1.165, 1.54) is 12.3 Å². The highest BCUT2D eigenvalue weighted by atomic mass is 16.4. The number of phenolic OH excluding ortho intramolecular Hbond substituents is 1. The first-order chi connectivity index (χ1) is 7.94. The van der Waals surface area contributed by atoms with Gasteiger partial charge in [0.2, 0.25) is 0 Å². The lowest BCUT2D eigenvalue weighted by atomic mass is 9.88. The van der Waals surface area contributed by atoms with Gasteiger partial charge in [-0.1, -0.05) is 6.07 Å². The number of aliphatic carboxylic acids is 1. The minimum atomic E-state index is -1.63. The third kappa shape index (κ3) is 1.88. The van der Waals surface area contributed by atoms with E-state index in [-0.39, 0.29) is 17.7 Å². The lowest BCUT2D eigenvalue weighted by Gasteiger charge is -2.23. The molecule has 90 valence electrons. The smallest absolute Gasteiger partial charge is 0.320 e. The van der Waals surface area contributed by atoms with Crippen LogP contribution in [0.15, 0.2) is 23.2 Å². The van der Waals surface area contributed by atoms with Gasteiger partial charge in [0.05, 0.1) is 11.3 Å². The Morgan fingerprint density at radius 2 is 2.24 bits per heavy atom. The van der Waals surface area contributed by atoms with Gasteiger partial charge in [-0.05, 0) is 12.1 Å². The number of hydrogen-bond acceptors (Lipinski definition) is 5. The second-order valence-electron chi connectivity index (χ2n) is 4.00. The molecule has 0 bridgehead atoms. The molecule has 5 N–H and O–H groups in total. The molecule has 6 nitrogen and oxygen atoms in total. The summed E-state index contributed by atoms with van der Waals surface area (Å²) in [5.41, 5.74) is 4.39. The second kappa shape index (κ2) is 3.83. The van der Waals surface area contributed by atoms with Crippen LogP contribution in [0, 0.1) is 0 Å². The lowest BCUT2D eigenvalue weighted by Crippen LogP contribution is -2.39. The normalized spacial score (nSPS) is 23.4. The number of benzene rings is 1. The number of nitrogens with two attached hydrogens (primary N) is 1. The number of fused-ring (bicyclic) bond motifs is 1. The first kappa shape index (κ1) is 11.6. The summed E-state index contributed by atoms with van der Waals surface area (Å²) >= 11 is 0. The van der Waals surface area contributed by atoms with Crippen molar-refractivity contribution >= 4 is 17.9 Å². The first-order valence-corrected chi connectivity index (χ1v) is 5.02. The Hall–Kier alpha value is -1.92. The summed E-state index contributed by atoms with van der Waals surface area (Å²) in [6, 6.07) is 3.40. The minimum Gasteiger partial charge on any atom is -0.507 e. The number of nitrogens with zero attached hydrogens (tertiary/aromatic N) is 1. The summed E-state index contributed by atoms with van der Waals surface area (Å²) in [5.74, 6) is -1.34. The maximum atomic E-state index is 10.7. The van der Waals surface area contributed by atoms with Crippen LogP contribution >= 0.6 is 0 Å². The van der Waals surface area contributed by atoms with Gasteiger partial charge < -0.3 is 21.1 Å². The zero-order chi connectivity index (χ0) is 12.6. The number of aromatic hydroxyl groups is 1. The summed E-state index contributed by atoms with van der Waals surface area (Å²) < 4.78 is 0. The Balaban J connectivity index is 2.37. The maximum absolute atomic E-state index is 10.7. The van der Waals surface area contributed by atoms with Crippen molar-refractivity contribution in [3.63, 3.8) is 0 Å². The van der Waals surface area contributed by atoms with Gasteiger partial charge >= 0.3 is 5.97 Å². The number of phenols is 1. The Bertz CT molecular complexity index is 500. The number of carbonyl (C=O) groups is 1. The fraction of sp³-hybridized carbons (Fsp3) is 0.273. The van der Waals surface area contributed by atoms with Crippen LogP contribution in [0.3, 0.4) is 0 Å². The van der Waals surface area contributed by atoms with Crippen molar-refractivity contribution in [2.45, 2.75) is 18.1 Å². The van der Waals surface area contributed by atoms with Gasteiger partial charge in [-0.25, -0.2) is 0 Å². The monoisotopic (exact) mass is 236 g/mol. The average Bonchev–Trinajstić information content (AvgIpc) is 2.57. The van der Waals surface area contributed by atoms with E-state index in [2.05, 4.69) is 4.99 Å². The molecule has 2 rings (SSSR count). The van der Waals surface area contributed by atoms with Gasteiger partial charge in [-0.15, -0.1) is 0 Å². The largest absolute Gasteiger partial charge is 0.507 e. The Labute approximate surface area is 97.0 Å². The van der Waals surface area contributed by atoms with E-state index in [1.807, 2.05) is 0 Å². The van der Waals surface area contributed by atoms with Crippen molar-refractivity contribution in [2.24, 2.45) is 10.7 Å². The second-order valence-corrected chi connectivity index (χ2v) is 4.00. The molecule has 1 aromatic carbocycles. The summed E-state index contributed by atoms with van der Waals surface area (Å²) in [5, 5.41) is 28.7. The lowest BCUT2D eigenvalue weighted by molar-refractivity contribution is -0.139. The van der Waals surface area contributed by atoms with E-state index in [4.69, 9.17) is 10.8 Å². The minimum absolute atomic E-state index is 0.125. The van der Waals surface area contributed by atoms with Gasteiger partial charge in [0.1, 0.15) is 17.4 Å². The zero-order valence-electron chi connectivity index (χ0n) is 8.87. The van der Waals surface area contributed by atoms with Crippen LogP contribution in [-0.4, -0.2) is 33.5 Å². The van der Waals surface area contributed by atoms with Gasteiger partial charge in [0.25, 0.3) is 0 Å². The summed E-state index contributed by atoms with van der Waals surface area (Å²) in [7, 11) is 0. The molecule has 0 spiro atoms. The molecular weight excluding hydrogens is 224 g/mol. The fourth-order valence-corrected chi connectivity index (χ4v) is 1.90. The molecule has 1 unspecified atom stereocenters. The predicted molar refractivity (Wildman–Crippen MR) is 60.4 cm³/mol. The molecule has 1 heterocycles. The molecule has 0 radical (unpaired) electrons. The number of carboxylic acid groups (broad SMARTS) is 1. The van der Waals surface area contributed by atoms with E-state index in [9.17, 15) is 15.0 Å². The Morgan fingerprint density at radius 3 is 2.88 bits per heavy atom. The highest BCUT2D eigenvalue weighted by molar-refractivity contribution is 5.86. The van der Waals surface area contributed by atoms with Crippen LogP contribution in [-0.2, 0) is 10.4 Å². The molecule has 0 aliphatic carbocycles. The van der Waals surface area contributed by atoms with Crippen molar-refractivity contribution in [2.75, 3.05) is 0 Å². The highest BCUT2D eigenvalue weighted by Gasteiger charge is 2.39. The third-order valence-electron chi connectivity index (χ3n) is 2.72. The third-order valence-corrected chi connectivity index (χ3v) is 2.72. The number of carboxylic acids is 1. The van der Waals surface area contributed by atoms with Gasteiger partial charge in [0, 0.05) is 12.6 Å². The van der Waals surface area contributed by atoms with Gasteiger partial charge in [0.15, 0.2) is 0 Å². The highest BCUT2D eigenvalue weighted by Crippen LogP contribution is 2.42. The molecule has 0 saturated carbocycles. The van der Waals surface area contributed by atoms with Gasteiger partial charge in [-0.3, -0.25) is 9.79 Å². The molecule has 0 saturated heterocycles. The zero-order valence-corrected chi connectivity index (χ0v) is 8.87. The van der Waals surface area contributed by atoms with E-state index in [0.29, 0.717) is 5.69 Å². The summed E-state index contributed by atoms with van der Waals surface area (Å²) in [6.07, 6.45) is 0.969. The predicted octanol–water partition coefficient (Wildman–Crippen LogP) is 0.0977. The topological polar surface area (TPSA) is 116 Å². The molecule has 0 fully saturated rings. The van der Waals surface area contributed by atoms with Crippen LogP contribution in [0.4, 0.5) is 5.69 Å². The molecule has 1 aromatic rings. The average molecular weight is 236 g/mol. The molecule has 2 atom stereocenters. The molecule has 0 amide bonds. The summed E-state index contributed by atoms with van der Waals surface area (Å²) in [4.78, 5) is 14.6. The van der Waals surface area contributed by atoms with Crippen LogP contribution in [0.1, 0.15) is 12.0 Å².